The molecule has 0 aliphatic carbocycles. The molecule has 0 aromatic heterocycles. The Kier molecular flexibility index (Phi) is 52.8. The first kappa shape index (κ1) is 63.8. The topological polar surface area (TPSA) is 78.9 Å². The molecule has 0 aromatic carbocycles. The van der Waals surface area contributed by atoms with E-state index in [0.29, 0.717) is 19.3 Å². The maximum absolute atomic E-state index is 12.8. The van der Waals surface area contributed by atoms with Gasteiger partial charge in [0.15, 0.2) is 6.10 Å². The zero-order chi connectivity index (χ0) is 48.6. The summed E-state index contributed by atoms with van der Waals surface area (Å²) in [5.74, 6) is -0.921. The number of hydrogen-bond donors (Lipinski definition) is 0. The smallest absolute Gasteiger partial charge is 0.306 e. The zero-order valence-corrected chi connectivity index (χ0v) is 44.2. The van der Waals surface area contributed by atoms with Gasteiger partial charge < -0.3 is 14.2 Å². The average Bonchev–Trinajstić information content (AvgIpc) is 3.33. The number of allylic oxidation sites excluding steroid dienone is 12. The number of esters is 3. The Balaban J connectivity index is 4.45. The van der Waals surface area contributed by atoms with E-state index >= 15 is 0 Å². The summed E-state index contributed by atoms with van der Waals surface area (Å²) < 4.78 is 16.8. The Morgan fingerprint density at radius 2 is 0.537 bits per heavy atom. The molecule has 0 radical (unpaired) electrons. The third-order valence-corrected chi connectivity index (χ3v) is 12.3. The lowest BCUT2D eigenvalue weighted by Gasteiger charge is -2.18. The van der Waals surface area contributed by atoms with Gasteiger partial charge in [0.05, 0.1) is 0 Å². The predicted octanol–water partition coefficient (Wildman–Crippen LogP) is 19.0. The lowest BCUT2D eigenvalue weighted by molar-refractivity contribution is -0.167. The van der Waals surface area contributed by atoms with Crippen molar-refractivity contribution >= 4 is 17.9 Å². The number of hydrogen-bond acceptors (Lipinski definition) is 6. The molecule has 0 rings (SSSR count). The van der Waals surface area contributed by atoms with Crippen molar-refractivity contribution in [3.63, 3.8) is 0 Å². The van der Waals surface area contributed by atoms with E-state index in [0.717, 1.165) is 103 Å². The summed E-state index contributed by atoms with van der Waals surface area (Å²) in [5.41, 5.74) is 0. The molecule has 6 heteroatoms. The van der Waals surface area contributed by atoms with E-state index in [1.807, 2.05) is 0 Å². The molecule has 1 atom stereocenters. The average molecular weight is 936 g/mol. The van der Waals surface area contributed by atoms with Crippen LogP contribution in [0.15, 0.2) is 72.9 Å². The fraction of sp³-hybridized carbons (Fsp3) is 0.754. The van der Waals surface area contributed by atoms with Gasteiger partial charge in [0.25, 0.3) is 0 Å². The van der Waals surface area contributed by atoms with Crippen LogP contribution in [0.3, 0.4) is 0 Å². The molecular formula is C61H106O6. The number of carbonyl (C=O) groups excluding carboxylic acids is 3. The molecule has 0 fully saturated rings. The molecule has 0 N–H and O–H groups in total. The molecule has 67 heavy (non-hydrogen) atoms. The SMILES string of the molecule is CCCCCCC\C=C/C=C\C=C/CCCCCCCC(=O)OCC(COC(=O)CCCCCCCCCCCCCCC)OC(=O)CCCCCCC\C=C/C=C\C=C/CCCCCCC. The third-order valence-electron chi connectivity index (χ3n) is 12.3. The van der Waals surface area contributed by atoms with E-state index < -0.39 is 6.10 Å². The molecule has 0 aromatic rings. The zero-order valence-electron chi connectivity index (χ0n) is 44.2. The van der Waals surface area contributed by atoms with Gasteiger partial charge in [-0.25, -0.2) is 0 Å². The van der Waals surface area contributed by atoms with Crippen LogP contribution in [0.1, 0.15) is 278 Å². The van der Waals surface area contributed by atoms with Gasteiger partial charge in [-0.05, 0) is 70.6 Å². The Morgan fingerprint density at radius 3 is 0.821 bits per heavy atom. The quantitative estimate of drug-likeness (QED) is 0.0262. The molecule has 1 unspecified atom stereocenters. The van der Waals surface area contributed by atoms with Crippen LogP contribution in [0, 0.1) is 0 Å². The first-order chi connectivity index (χ1) is 33.0. The molecule has 0 saturated carbocycles. The van der Waals surface area contributed by atoms with Gasteiger partial charge in [-0.3, -0.25) is 14.4 Å². The van der Waals surface area contributed by atoms with E-state index in [-0.39, 0.29) is 31.1 Å². The molecule has 6 nitrogen and oxygen atoms in total. The second-order valence-corrected chi connectivity index (χ2v) is 19.0. The number of carbonyl (C=O) groups is 3. The van der Waals surface area contributed by atoms with Crippen molar-refractivity contribution in [2.75, 3.05) is 13.2 Å². The van der Waals surface area contributed by atoms with E-state index in [9.17, 15) is 14.4 Å². The van der Waals surface area contributed by atoms with Crippen LogP contribution in [-0.4, -0.2) is 37.2 Å². The van der Waals surface area contributed by atoms with Crippen LogP contribution in [0.4, 0.5) is 0 Å². The van der Waals surface area contributed by atoms with Crippen LogP contribution in [0.5, 0.6) is 0 Å². The fourth-order valence-electron chi connectivity index (χ4n) is 7.98. The van der Waals surface area contributed by atoms with Gasteiger partial charge in [-0.1, -0.05) is 261 Å². The molecule has 0 bridgehead atoms. The van der Waals surface area contributed by atoms with Gasteiger partial charge in [0.2, 0.25) is 0 Å². The van der Waals surface area contributed by atoms with Gasteiger partial charge >= 0.3 is 17.9 Å². The van der Waals surface area contributed by atoms with E-state index in [1.165, 1.54) is 135 Å². The van der Waals surface area contributed by atoms with Crippen molar-refractivity contribution < 1.29 is 28.6 Å². The monoisotopic (exact) mass is 935 g/mol. The van der Waals surface area contributed by atoms with Crippen molar-refractivity contribution in [1.29, 1.82) is 0 Å². The maximum Gasteiger partial charge on any atom is 0.306 e. The minimum absolute atomic E-state index is 0.0887. The Bertz CT molecular complexity index is 1260. The Labute approximate surface area is 414 Å². The van der Waals surface area contributed by atoms with E-state index in [4.69, 9.17) is 14.2 Å². The molecule has 0 spiro atoms. The summed E-state index contributed by atoms with van der Waals surface area (Å²) in [6, 6.07) is 0. The first-order valence-corrected chi connectivity index (χ1v) is 28.5. The summed E-state index contributed by atoms with van der Waals surface area (Å²) in [5, 5.41) is 0. The molecule has 0 saturated heterocycles. The van der Waals surface area contributed by atoms with Crippen LogP contribution in [-0.2, 0) is 28.6 Å². The second kappa shape index (κ2) is 55.4. The molecule has 386 valence electrons. The predicted molar refractivity (Wildman–Crippen MR) is 288 cm³/mol. The highest BCUT2D eigenvalue weighted by Crippen LogP contribution is 2.15. The second-order valence-electron chi connectivity index (χ2n) is 19.0. The first-order valence-electron chi connectivity index (χ1n) is 28.5. The Morgan fingerprint density at radius 1 is 0.299 bits per heavy atom. The summed E-state index contributed by atoms with van der Waals surface area (Å²) >= 11 is 0. The normalized spacial score (nSPS) is 12.6. The van der Waals surface area contributed by atoms with Gasteiger partial charge in [0, 0.05) is 19.3 Å². The maximum atomic E-state index is 12.8. The van der Waals surface area contributed by atoms with Crippen molar-refractivity contribution in [3.05, 3.63) is 72.9 Å². The van der Waals surface area contributed by atoms with Crippen LogP contribution >= 0.6 is 0 Å². The fourth-order valence-corrected chi connectivity index (χ4v) is 7.98. The number of rotatable bonds is 51. The molecule has 0 aliphatic rings. The van der Waals surface area contributed by atoms with Crippen molar-refractivity contribution in [2.45, 2.75) is 284 Å². The Hall–Kier alpha value is -3.15. The lowest BCUT2D eigenvalue weighted by atomic mass is 10.0. The van der Waals surface area contributed by atoms with E-state index in [1.54, 1.807) is 0 Å². The van der Waals surface area contributed by atoms with Crippen LogP contribution in [0.25, 0.3) is 0 Å². The summed E-state index contributed by atoms with van der Waals surface area (Å²) in [4.78, 5) is 38.1. The molecule has 0 amide bonds. The number of ether oxygens (including phenoxy) is 3. The largest absolute Gasteiger partial charge is 0.462 e. The highest BCUT2D eigenvalue weighted by Gasteiger charge is 2.19. The minimum atomic E-state index is -0.793. The van der Waals surface area contributed by atoms with Gasteiger partial charge in [-0.2, -0.15) is 0 Å². The van der Waals surface area contributed by atoms with Crippen LogP contribution < -0.4 is 0 Å². The van der Waals surface area contributed by atoms with Crippen molar-refractivity contribution in [2.24, 2.45) is 0 Å². The summed E-state index contributed by atoms with van der Waals surface area (Å²) in [6.45, 7) is 6.59. The standard InChI is InChI=1S/C61H106O6/c1-4-7-10-13-16-19-22-25-27-29-31-33-36-39-42-45-48-51-54-60(63)66-57-58(56-65-59(62)53-50-47-44-41-38-35-24-21-18-15-12-9-6-3)67-61(64)55-52-49-46-43-40-37-34-32-30-28-26-23-20-17-14-11-8-5-2/h22-23,25-34,58H,4-21,24,35-57H2,1-3H3/b25-22-,26-23-,29-27-,30-28-,33-31-,34-32-. The minimum Gasteiger partial charge on any atom is -0.462 e. The number of unbranched alkanes of at least 4 members (excludes halogenated alkanes) is 32. The van der Waals surface area contributed by atoms with Crippen molar-refractivity contribution in [3.8, 4) is 0 Å². The molecule has 0 aliphatic heterocycles. The van der Waals surface area contributed by atoms with Crippen LogP contribution in [0.2, 0.25) is 0 Å². The summed E-state index contributed by atoms with van der Waals surface area (Å²) in [6.07, 6.45) is 70.2. The van der Waals surface area contributed by atoms with Gasteiger partial charge in [-0.15, -0.1) is 0 Å². The van der Waals surface area contributed by atoms with Crippen molar-refractivity contribution in [1.82, 2.24) is 0 Å². The summed E-state index contributed by atoms with van der Waals surface area (Å²) in [7, 11) is 0. The van der Waals surface area contributed by atoms with Gasteiger partial charge in [0.1, 0.15) is 13.2 Å². The van der Waals surface area contributed by atoms with E-state index in [2.05, 4.69) is 93.7 Å². The molecular weight excluding hydrogens is 829 g/mol. The molecule has 0 heterocycles. The third kappa shape index (κ3) is 53.7. The lowest BCUT2D eigenvalue weighted by Crippen LogP contribution is -2.30. The highest BCUT2D eigenvalue weighted by atomic mass is 16.6. The highest BCUT2D eigenvalue weighted by molar-refractivity contribution is 5.71.